The third-order valence-electron chi connectivity index (χ3n) is 1.72. The molecule has 1 N–H and O–H groups in total. The minimum Gasteiger partial charge on any atom is -0.481 e. The summed E-state index contributed by atoms with van der Waals surface area (Å²) in [4.78, 5) is 14.3. The van der Waals surface area contributed by atoms with Crippen LogP contribution in [0.2, 0.25) is 0 Å². The first-order valence-corrected chi connectivity index (χ1v) is 3.88. The molecule has 0 amide bonds. The van der Waals surface area contributed by atoms with E-state index in [2.05, 4.69) is 4.98 Å². The quantitative estimate of drug-likeness (QED) is 0.759. The van der Waals surface area contributed by atoms with Crippen LogP contribution in [0.25, 0.3) is 0 Å². The minimum atomic E-state index is -0.872. The van der Waals surface area contributed by atoms with Gasteiger partial charge in [-0.25, -0.2) is 0 Å². The molecule has 0 saturated carbocycles. The van der Waals surface area contributed by atoms with E-state index in [4.69, 9.17) is 9.84 Å². The number of methoxy groups -OCH3 is 1. The van der Waals surface area contributed by atoms with E-state index in [9.17, 15) is 4.79 Å². The van der Waals surface area contributed by atoms with Gasteiger partial charge >= 0.3 is 5.97 Å². The van der Waals surface area contributed by atoms with E-state index in [1.807, 2.05) is 0 Å². The van der Waals surface area contributed by atoms with Crippen LogP contribution in [0, 0.1) is 0 Å². The van der Waals surface area contributed by atoms with Crippen molar-refractivity contribution in [1.82, 2.24) is 4.98 Å². The average Bonchev–Trinajstić information content (AvgIpc) is 2.15. The smallest absolute Gasteiger partial charge is 0.306 e. The van der Waals surface area contributed by atoms with Gasteiger partial charge in [0.25, 0.3) is 0 Å². The SMILES string of the molecule is COC(CC(=O)O)c1ccncc1. The molecule has 1 unspecified atom stereocenters. The minimum absolute atomic E-state index is 0.0273. The molecule has 1 atom stereocenters. The highest BCUT2D eigenvalue weighted by molar-refractivity contribution is 5.67. The molecule has 1 aromatic rings. The van der Waals surface area contributed by atoms with Crippen molar-refractivity contribution < 1.29 is 14.6 Å². The summed E-state index contributed by atoms with van der Waals surface area (Å²) in [7, 11) is 1.49. The Labute approximate surface area is 76.2 Å². The molecule has 0 spiro atoms. The van der Waals surface area contributed by atoms with E-state index in [0.717, 1.165) is 5.56 Å². The summed E-state index contributed by atoms with van der Waals surface area (Å²) in [6.07, 6.45) is 2.81. The van der Waals surface area contributed by atoms with Crippen LogP contribution in [0.5, 0.6) is 0 Å². The van der Waals surface area contributed by atoms with Gasteiger partial charge in [0, 0.05) is 19.5 Å². The average molecular weight is 181 g/mol. The van der Waals surface area contributed by atoms with Gasteiger partial charge in [-0.2, -0.15) is 0 Å². The van der Waals surface area contributed by atoms with Crippen LogP contribution in [-0.4, -0.2) is 23.2 Å². The highest BCUT2D eigenvalue weighted by atomic mass is 16.5. The molecule has 0 aliphatic carbocycles. The third-order valence-corrected chi connectivity index (χ3v) is 1.72. The van der Waals surface area contributed by atoms with Gasteiger partial charge in [0.1, 0.15) is 0 Å². The molecule has 70 valence electrons. The number of carbonyl (C=O) groups is 1. The molecule has 0 bridgehead atoms. The van der Waals surface area contributed by atoms with Crippen LogP contribution in [0.3, 0.4) is 0 Å². The molecule has 1 heterocycles. The molecule has 4 heteroatoms. The largest absolute Gasteiger partial charge is 0.481 e. The second-order valence-corrected chi connectivity index (χ2v) is 2.60. The van der Waals surface area contributed by atoms with Crippen LogP contribution in [-0.2, 0) is 9.53 Å². The van der Waals surface area contributed by atoms with E-state index in [1.54, 1.807) is 24.5 Å². The molecule has 0 fully saturated rings. The molecule has 0 aromatic carbocycles. The highest BCUT2D eigenvalue weighted by Crippen LogP contribution is 2.18. The maximum Gasteiger partial charge on any atom is 0.306 e. The van der Waals surface area contributed by atoms with E-state index in [0.29, 0.717) is 0 Å². The van der Waals surface area contributed by atoms with Gasteiger partial charge in [-0.1, -0.05) is 0 Å². The number of ether oxygens (including phenoxy) is 1. The highest BCUT2D eigenvalue weighted by Gasteiger charge is 2.13. The Morgan fingerprint density at radius 3 is 2.69 bits per heavy atom. The number of aromatic nitrogens is 1. The first kappa shape index (κ1) is 9.67. The Morgan fingerprint density at radius 1 is 1.62 bits per heavy atom. The lowest BCUT2D eigenvalue weighted by atomic mass is 10.1. The van der Waals surface area contributed by atoms with Crippen molar-refractivity contribution in [3.05, 3.63) is 30.1 Å². The lowest BCUT2D eigenvalue weighted by Crippen LogP contribution is -2.08. The Morgan fingerprint density at radius 2 is 2.23 bits per heavy atom. The fourth-order valence-corrected chi connectivity index (χ4v) is 1.07. The van der Waals surface area contributed by atoms with Crippen LogP contribution >= 0.6 is 0 Å². The lowest BCUT2D eigenvalue weighted by Gasteiger charge is -2.12. The molecule has 0 aliphatic rings. The van der Waals surface area contributed by atoms with E-state index in [1.165, 1.54) is 7.11 Å². The van der Waals surface area contributed by atoms with Crippen molar-refractivity contribution in [2.75, 3.05) is 7.11 Å². The topological polar surface area (TPSA) is 59.4 Å². The van der Waals surface area contributed by atoms with Crippen molar-refractivity contribution in [2.24, 2.45) is 0 Å². The Bertz CT molecular complexity index is 273. The van der Waals surface area contributed by atoms with Crippen LogP contribution in [0.15, 0.2) is 24.5 Å². The molecule has 0 aliphatic heterocycles. The number of carboxylic acids is 1. The number of pyridine rings is 1. The Balaban J connectivity index is 2.73. The van der Waals surface area contributed by atoms with Crippen molar-refractivity contribution in [3.8, 4) is 0 Å². The van der Waals surface area contributed by atoms with Crippen molar-refractivity contribution in [1.29, 1.82) is 0 Å². The number of rotatable bonds is 4. The van der Waals surface area contributed by atoms with Gasteiger partial charge in [0.05, 0.1) is 12.5 Å². The molecule has 13 heavy (non-hydrogen) atoms. The normalized spacial score (nSPS) is 12.4. The van der Waals surface area contributed by atoms with Gasteiger partial charge in [-0.3, -0.25) is 9.78 Å². The number of hydrogen-bond donors (Lipinski definition) is 1. The fraction of sp³-hybridized carbons (Fsp3) is 0.333. The third kappa shape index (κ3) is 2.83. The Hall–Kier alpha value is -1.42. The molecule has 4 nitrogen and oxygen atoms in total. The number of carboxylic acid groups (broad SMARTS) is 1. The molecule has 1 aromatic heterocycles. The standard InChI is InChI=1S/C9H11NO3/c1-13-8(6-9(11)12)7-2-4-10-5-3-7/h2-5,8H,6H2,1H3,(H,11,12). The van der Waals surface area contributed by atoms with E-state index < -0.39 is 5.97 Å². The fourth-order valence-electron chi connectivity index (χ4n) is 1.07. The number of aliphatic carboxylic acids is 1. The van der Waals surface area contributed by atoms with Crippen LogP contribution in [0.4, 0.5) is 0 Å². The summed E-state index contributed by atoms with van der Waals surface area (Å²) >= 11 is 0. The number of hydrogen-bond acceptors (Lipinski definition) is 3. The van der Waals surface area contributed by atoms with Crippen molar-refractivity contribution in [3.63, 3.8) is 0 Å². The second-order valence-electron chi connectivity index (χ2n) is 2.60. The molecule has 0 saturated heterocycles. The van der Waals surface area contributed by atoms with Gasteiger partial charge < -0.3 is 9.84 Å². The zero-order valence-electron chi connectivity index (χ0n) is 7.30. The molecular weight excluding hydrogens is 170 g/mol. The van der Waals surface area contributed by atoms with Crippen LogP contribution < -0.4 is 0 Å². The van der Waals surface area contributed by atoms with Gasteiger partial charge in [0.15, 0.2) is 0 Å². The summed E-state index contributed by atoms with van der Waals surface area (Å²) in [6.45, 7) is 0. The van der Waals surface area contributed by atoms with E-state index >= 15 is 0 Å². The first-order chi connectivity index (χ1) is 6.24. The summed E-state index contributed by atoms with van der Waals surface area (Å²) in [5.41, 5.74) is 0.833. The number of nitrogens with zero attached hydrogens (tertiary/aromatic N) is 1. The van der Waals surface area contributed by atoms with Crippen molar-refractivity contribution >= 4 is 5.97 Å². The van der Waals surface area contributed by atoms with Gasteiger partial charge in [0.2, 0.25) is 0 Å². The van der Waals surface area contributed by atoms with Gasteiger partial charge in [-0.15, -0.1) is 0 Å². The maximum absolute atomic E-state index is 10.4. The zero-order valence-corrected chi connectivity index (χ0v) is 7.30. The second kappa shape index (κ2) is 4.57. The maximum atomic E-state index is 10.4. The molecule has 0 radical (unpaired) electrons. The summed E-state index contributed by atoms with van der Waals surface area (Å²) in [6, 6.07) is 3.49. The molecule has 1 rings (SSSR count). The summed E-state index contributed by atoms with van der Waals surface area (Å²) < 4.78 is 5.04. The van der Waals surface area contributed by atoms with Crippen LogP contribution in [0.1, 0.15) is 18.1 Å². The lowest BCUT2D eigenvalue weighted by molar-refractivity contribution is -0.139. The van der Waals surface area contributed by atoms with Gasteiger partial charge in [-0.05, 0) is 17.7 Å². The molecular formula is C9H11NO3. The summed E-state index contributed by atoms with van der Waals surface area (Å²) in [5.74, 6) is -0.872. The monoisotopic (exact) mass is 181 g/mol. The predicted octanol–water partition coefficient (Wildman–Crippen LogP) is 1.24. The van der Waals surface area contributed by atoms with Crippen molar-refractivity contribution in [2.45, 2.75) is 12.5 Å². The first-order valence-electron chi connectivity index (χ1n) is 3.88. The predicted molar refractivity (Wildman–Crippen MR) is 46.2 cm³/mol. The zero-order chi connectivity index (χ0) is 9.68. The van der Waals surface area contributed by atoms with E-state index in [-0.39, 0.29) is 12.5 Å². The Kier molecular flexibility index (Phi) is 3.40. The summed E-state index contributed by atoms with van der Waals surface area (Å²) in [5, 5.41) is 8.58.